The van der Waals surface area contributed by atoms with Crippen LogP contribution in [0.3, 0.4) is 0 Å². The molecule has 0 heterocycles. The van der Waals surface area contributed by atoms with Crippen molar-refractivity contribution in [3.63, 3.8) is 0 Å². The lowest BCUT2D eigenvalue weighted by molar-refractivity contribution is -0.167. The van der Waals surface area contributed by atoms with E-state index in [-0.39, 0.29) is 31.1 Å². The van der Waals surface area contributed by atoms with E-state index in [0.29, 0.717) is 19.3 Å². The second-order valence-electron chi connectivity index (χ2n) is 18.1. The minimum absolute atomic E-state index is 0.0630. The summed E-state index contributed by atoms with van der Waals surface area (Å²) in [5, 5.41) is 0. The van der Waals surface area contributed by atoms with Crippen LogP contribution < -0.4 is 0 Å². The molecule has 6 nitrogen and oxygen atoms in total. The molecule has 58 heavy (non-hydrogen) atoms. The van der Waals surface area contributed by atoms with Gasteiger partial charge in [-0.3, -0.25) is 14.4 Å². The summed E-state index contributed by atoms with van der Waals surface area (Å²) >= 11 is 0. The van der Waals surface area contributed by atoms with E-state index in [1.807, 2.05) is 0 Å². The van der Waals surface area contributed by atoms with Gasteiger partial charge in [0.25, 0.3) is 0 Å². The number of hydrogen-bond acceptors (Lipinski definition) is 6. The van der Waals surface area contributed by atoms with Gasteiger partial charge in [0.2, 0.25) is 0 Å². The Morgan fingerprint density at radius 3 is 0.897 bits per heavy atom. The SMILES string of the molecule is CCCCCCCCCCCCCCCCCC(=O)O[C@H](COC(=O)CCCCCCCCCCCCCCC)COC(=O)CCCCCCCCCCC(C)CC. The van der Waals surface area contributed by atoms with Crippen molar-refractivity contribution in [1.29, 1.82) is 0 Å². The molecule has 0 aromatic rings. The standard InChI is InChI=1S/C52H100O6/c1-5-8-10-12-14-16-18-20-21-23-25-27-33-37-41-45-52(55)58-49(47-57-51(54)44-40-36-32-29-28-30-34-38-42-48(4)7-3)46-56-50(53)43-39-35-31-26-24-22-19-17-15-13-11-9-6-2/h48-49H,5-47H2,1-4H3/t48?,49-/m1/s1. The van der Waals surface area contributed by atoms with Crippen molar-refractivity contribution in [2.75, 3.05) is 13.2 Å². The molecule has 0 rings (SSSR count). The van der Waals surface area contributed by atoms with E-state index in [1.54, 1.807) is 0 Å². The van der Waals surface area contributed by atoms with Crippen molar-refractivity contribution in [1.82, 2.24) is 0 Å². The average Bonchev–Trinajstić information content (AvgIpc) is 3.22. The van der Waals surface area contributed by atoms with E-state index >= 15 is 0 Å². The molecule has 6 heteroatoms. The summed E-state index contributed by atoms with van der Waals surface area (Å²) in [4.78, 5) is 37.9. The first-order valence-electron chi connectivity index (χ1n) is 25.9. The fraction of sp³-hybridized carbons (Fsp3) is 0.942. The van der Waals surface area contributed by atoms with E-state index in [2.05, 4.69) is 27.7 Å². The molecular formula is C52H100O6. The van der Waals surface area contributed by atoms with Crippen LogP contribution in [-0.4, -0.2) is 37.2 Å². The lowest BCUT2D eigenvalue weighted by Crippen LogP contribution is -2.30. The van der Waals surface area contributed by atoms with Crippen LogP contribution in [0, 0.1) is 5.92 Å². The summed E-state index contributed by atoms with van der Waals surface area (Å²) in [6.45, 7) is 9.03. The van der Waals surface area contributed by atoms with Crippen LogP contribution in [0.25, 0.3) is 0 Å². The maximum Gasteiger partial charge on any atom is 0.306 e. The monoisotopic (exact) mass is 821 g/mol. The number of unbranched alkanes of at least 4 members (excludes halogenated alkanes) is 33. The molecule has 0 saturated carbocycles. The Morgan fingerprint density at radius 1 is 0.345 bits per heavy atom. The minimum Gasteiger partial charge on any atom is -0.462 e. The highest BCUT2D eigenvalue weighted by Gasteiger charge is 2.19. The van der Waals surface area contributed by atoms with Crippen molar-refractivity contribution in [3.8, 4) is 0 Å². The fourth-order valence-electron chi connectivity index (χ4n) is 7.83. The molecule has 0 amide bonds. The van der Waals surface area contributed by atoms with Crippen LogP contribution in [-0.2, 0) is 28.6 Å². The van der Waals surface area contributed by atoms with Gasteiger partial charge in [0.1, 0.15) is 13.2 Å². The van der Waals surface area contributed by atoms with E-state index < -0.39 is 6.10 Å². The highest BCUT2D eigenvalue weighted by molar-refractivity contribution is 5.71. The predicted molar refractivity (Wildman–Crippen MR) is 247 cm³/mol. The van der Waals surface area contributed by atoms with Gasteiger partial charge in [-0.05, 0) is 25.2 Å². The van der Waals surface area contributed by atoms with Gasteiger partial charge in [-0.1, -0.05) is 252 Å². The number of rotatable bonds is 47. The van der Waals surface area contributed by atoms with Crippen LogP contribution in [0.5, 0.6) is 0 Å². The van der Waals surface area contributed by atoms with Gasteiger partial charge in [0.15, 0.2) is 6.10 Å². The molecule has 0 saturated heterocycles. The van der Waals surface area contributed by atoms with Gasteiger partial charge >= 0.3 is 17.9 Å². The molecule has 0 fully saturated rings. The van der Waals surface area contributed by atoms with Crippen molar-refractivity contribution in [2.45, 2.75) is 297 Å². The molecule has 2 atom stereocenters. The molecule has 344 valence electrons. The van der Waals surface area contributed by atoms with Gasteiger partial charge < -0.3 is 14.2 Å². The van der Waals surface area contributed by atoms with Gasteiger partial charge in [0, 0.05) is 19.3 Å². The lowest BCUT2D eigenvalue weighted by atomic mass is 9.99. The lowest BCUT2D eigenvalue weighted by Gasteiger charge is -2.18. The number of hydrogen-bond donors (Lipinski definition) is 0. The zero-order valence-electron chi connectivity index (χ0n) is 39.5. The van der Waals surface area contributed by atoms with Crippen LogP contribution in [0.15, 0.2) is 0 Å². The maximum atomic E-state index is 12.8. The van der Waals surface area contributed by atoms with E-state index in [9.17, 15) is 14.4 Å². The predicted octanol–water partition coefficient (Wildman–Crippen LogP) is 16.7. The highest BCUT2D eigenvalue weighted by atomic mass is 16.6. The summed E-state index contributed by atoms with van der Waals surface area (Å²) in [6.07, 6.45) is 47.9. The molecule has 0 aliphatic carbocycles. The van der Waals surface area contributed by atoms with E-state index in [0.717, 1.165) is 63.7 Å². The fourth-order valence-corrected chi connectivity index (χ4v) is 7.83. The number of carbonyl (C=O) groups is 3. The van der Waals surface area contributed by atoms with Crippen molar-refractivity contribution < 1.29 is 28.6 Å². The summed E-state index contributed by atoms with van der Waals surface area (Å²) in [5.41, 5.74) is 0. The molecule has 0 N–H and O–H groups in total. The van der Waals surface area contributed by atoms with Gasteiger partial charge in [-0.15, -0.1) is 0 Å². The van der Waals surface area contributed by atoms with Crippen LogP contribution in [0.1, 0.15) is 291 Å². The number of ether oxygens (including phenoxy) is 3. The van der Waals surface area contributed by atoms with E-state index in [1.165, 1.54) is 186 Å². The summed E-state index contributed by atoms with van der Waals surface area (Å²) in [7, 11) is 0. The maximum absolute atomic E-state index is 12.8. The zero-order chi connectivity index (χ0) is 42.4. The Hall–Kier alpha value is -1.59. The van der Waals surface area contributed by atoms with Crippen molar-refractivity contribution in [3.05, 3.63) is 0 Å². The first kappa shape index (κ1) is 56.4. The third-order valence-electron chi connectivity index (χ3n) is 12.2. The molecule has 0 radical (unpaired) electrons. The summed E-state index contributed by atoms with van der Waals surface area (Å²) < 4.78 is 16.8. The first-order valence-corrected chi connectivity index (χ1v) is 25.9. The summed E-state index contributed by atoms with van der Waals surface area (Å²) in [5.74, 6) is 0.00268. The Balaban J connectivity index is 4.32. The normalized spacial score (nSPS) is 12.4. The second-order valence-corrected chi connectivity index (χ2v) is 18.1. The average molecular weight is 821 g/mol. The van der Waals surface area contributed by atoms with Crippen LogP contribution in [0.2, 0.25) is 0 Å². The van der Waals surface area contributed by atoms with Crippen molar-refractivity contribution in [2.24, 2.45) is 5.92 Å². The zero-order valence-corrected chi connectivity index (χ0v) is 39.5. The molecular weight excluding hydrogens is 721 g/mol. The molecule has 0 aliphatic heterocycles. The Morgan fingerprint density at radius 2 is 0.603 bits per heavy atom. The molecule has 0 spiro atoms. The number of esters is 3. The topological polar surface area (TPSA) is 78.9 Å². The highest BCUT2D eigenvalue weighted by Crippen LogP contribution is 2.17. The Labute approximate surface area is 361 Å². The number of carbonyl (C=O) groups excluding carboxylic acids is 3. The smallest absolute Gasteiger partial charge is 0.306 e. The first-order chi connectivity index (χ1) is 28.4. The third kappa shape index (κ3) is 44.0. The largest absolute Gasteiger partial charge is 0.462 e. The quantitative estimate of drug-likeness (QED) is 0.0346. The molecule has 0 aromatic carbocycles. The molecule has 0 bridgehead atoms. The minimum atomic E-state index is -0.760. The molecule has 0 aromatic heterocycles. The molecule has 1 unspecified atom stereocenters. The van der Waals surface area contributed by atoms with Gasteiger partial charge in [0.05, 0.1) is 0 Å². The van der Waals surface area contributed by atoms with Crippen LogP contribution in [0.4, 0.5) is 0 Å². The van der Waals surface area contributed by atoms with Gasteiger partial charge in [-0.25, -0.2) is 0 Å². The van der Waals surface area contributed by atoms with Gasteiger partial charge in [-0.2, -0.15) is 0 Å². The van der Waals surface area contributed by atoms with E-state index in [4.69, 9.17) is 14.2 Å². The van der Waals surface area contributed by atoms with Crippen LogP contribution >= 0.6 is 0 Å². The second kappa shape index (κ2) is 46.5. The molecule has 0 aliphatic rings. The Kier molecular flexibility index (Phi) is 45.2. The third-order valence-corrected chi connectivity index (χ3v) is 12.2. The van der Waals surface area contributed by atoms with Crippen molar-refractivity contribution >= 4 is 17.9 Å². The Bertz CT molecular complexity index is 874. The summed E-state index contributed by atoms with van der Waals surface area (Å²) in [6, 6.07) is 0.